The Morgan fingerprint density at radius 3 is 1.82 bits per heavy atom. The van der Waals surface area contributed by atoms with E-state index in [-0.39, 0.29) is 18.4 Å². The summed E-state index contributed by atoms with van der Waals surface area (Å²) in [7, 11) is 6.42. The molecular weight excluding hydrogens is 560 g/mol. The van der Waals surface area contributed by atoms with Crippen molar-refractivity contribution >= 4 is 44.1 Å². The first kappa shape index (κ1) is 27.2. The van der Waals surface area contributed by atoms with Crippen LogP contribution in [0.5, 0.6) is 23.0 Å². The summed E-state index contributed by atoms with van der Waals surface area (Å²) >= 11 is 0. The van der Waals surface area contributed by atoms with E-state index in [0.29, 0.717) is 51.7 Å². The third kappa shape index (κ3) is 4.26. The van der Waals surface area contributed by atoms with Crippen LogP contribution in [0.2, 0.25) is 0 Å². The lowest BCUT2D eigenvalue weighted by Crippen LogP contribution is -2.39. The summed E-state index contributed by atoms with van der Waals surface area (Å²) in [5.74, 6) is 1.73. The first-order valence-electron chi connectivity index (χ1n) is 13.9. The average Bonchev–Trinajstić information content (AvgIpc) is 3.50. The zero-order valence-electron chi connectivity index (χ0n) is 24.6. The number of hydrogen-bond acceptors (Lipinski definition) is 8. The summed E-state index contributed by atoms with van der Waals surface area (Å²) < 4.78 is 24.1. The molecular formula is C34H28N4O6. The minimum Gasteiger partial charge on any atom is -0.493 e. The van der Waals surface area contributed by atoms with Gasteiger partial charge in [0.15, 0.2) is 23.0 Å². The smallest absolute Gasteiger partial charge is 0.261 e. The van der Waals surface area contributed by atoms with Crippen LogP contribution in [0.1, 0.15) is 32.0 Å². The average molecular weight is 589 g/mol. The van der Waals surface area contributed by atoms with Crippen molar-refractivity contribution in [2.45, 2.75) is 13.1 Å². The monoisotopic (exact) mass is 588 g/mol. The molecule has 220 valence electrons. The zero-order valence-corrected chi connectivity index (χ0v) is 24.6. The topological polar surface area (TPSA) is 105 Å². The predicted octanol–water partition coefficient (Wildman–Crippen LogP) is 5.62. The van der Waals surface area contributed by atoms with E-state index in [0.717, 1.165) is 32.5 Å². The molecule has 0 fully saturated rings. The zero-order chi connectivity index (χ0) is 30.5. The van der Waals surface area contributed by atoms with E-state index in [1.807, 2.05) is 48.5 Å². The number of ether oxygens (including phenoxy) is 4. The van der Waals surface area contributed by atoms with Gasteiger partial charge >= 0.3 is 0 Å². The van der Waals surface area contributed by atoms with Crippen molar-refractivity contribution in [3.8, 4) is 23.0 Å². The summed E-state index contributed by atoms with van der Waals surface area (Å²) in [6.45, 7) is 0.371. The van der Waals surface area contributed by atoms with Gasteiger partial charge in [-0.25, -0.2) is 4.68 Å². The molecule has 7 rings (SSSR count). The molecule has 0 atom stereocenters. The van der Waals surface area contributed by atoms with E-state index in [9.17, 15) is 9.59 Å². The van der Waals surface area contributed by atoms with Crippen molar-refractivity contribution < 1.29 is 28.5 Å². The number of fused-ring (bicyclic) bond motifs is 3. The number of hydrogen-bond donors (Lipinski definition) is 0. The molecule has 10 heteroatoms. The molecule has 0 spiro atoms. The van der Waals surface area contributed by atoms with E-state index in [1.165, 1.54) is 4.90 Å². The fourth-order valence-electron chi connectivity index (χ4n) is 6.06. The van der Waals surface area contributed by atoms with Gasteiger partial charge in [0, 0.05) is 16.5 Å². The van der Waals surface area contributed by atoms with Gasteiger partial charge in [0.1, 0.15) is 5.69 Å². The Morgan fingerprint density at radius 2 is 1.20 bits per heavy atom. The second-order valence-corrected chi connectivity index (χ2v) is 10.5. The molecule has 0 bridgehead atoms. The maximum absolute atomic E-state index is 13.4. The molecule has 0 radical (unpaired) electrons. The van der Waals surface area contributed by atoms with E-state index in [1.54, 1.807) is 51.5 Å². The molecule has 0 N–H and O–H groups in total. The number of methoxy groups -OCH3 is 4. The third-order valence-electron chi connectivity index (χ3n) is 8.14. The Bertz CT molecular complexity index is 2090. The lowest BCUT2D eigenvalue weighted by atomic mass is 9.94. The molecule has 44 heavy (non-hydrogen) atoms. The Labute approximate surface area is 252 Å². The number of amides is 2. The molecule has 0 unspecified atom stereocenters. The Morgan fingerprint density at radius 1 is 0.636 bits per heavy atom. The standard InChI is InChI=1S/C34H28N4O6/c1-41-28-12-20-11-21(26-14-30(43-3)31(44-4)15-27(26)25(20)13-29(28)42-2)16-37-17-22(35-36-37)18-38-33(39)23-9-5-7-19-8-6-10-24(32(19)23)34(38)40/h5-15,17H,16,18H2,1-4H3. The van der Waals surface area contributed by atoms with E-state index in [4.69, 9.17) is 18.9 Å². The van der Waals surface area contributed by atoms with Gasteiger partial charge in [0.25, 0.3) is 11.8 Å². The number of benzene rings is 5. The van der Waals surface area contributed by atoms with Crippen molar-refractivity contribution in [1.82, 2.24) is 19.9 Å². The maximum Gasteiger partial charge on any atom is 0.261 e. The van der Waals surface area contributed by atoms with Gasteiger partial charge in [-0.2, -0.15) is 0 Å². The minimum absolute atomic E-state index is 0.00285. The quantitative estimate of drug-likeness (QED) is 0.167. The van der Waals surface area contributed by atoms with Crippen LogP contribution < -0.4 is 18.9 Å². The normalized spacial score (nSPS) is 12.8. The van der Waals surface area contributed by atoms with Gasteiger partial charge in [0.2, 0.25) is 0 Å². The van der Waals surface area contributed by atoms with Crippen LogP contribution in [0.25, 0.3) is 32.3 Å². The SMILES string of the molecule is COc1cc2cc(Cn3cc(CN4C(=O)c5cccc6cccc(c56)C4=O)nn3)c3cc(OC)c(OC)cc3c2cc1OC. The summed E-state index contributed by atoms with van der Waals surface area (Å²) in [6.07, 6.45) is 1.76. The Hall–Kier alpha value is -5.64. The molecule has 10 nitrogen and oxygen atoms in total. The lowest BCUT2D eigenvalue weighted by Gasteiger charge is -2.26. The highest BCUT2D eigenvalue weighted by Gasteiger charge is 2.33. The number of nitrogens with zero attached hydrogens (tertiary/aromatic N) is 4. The Balaban J connectivity index is 1.26. The molecule has 1 aliphatic rings. The van der Waals surface area contributed by atoms with Gasteiger partial charge < -0.3 is 18.9 Å². The highest BCUT2D eigenvalue weighted by molar-refractivity contribution is 6.25. The van der Waals surface area contributed by atoms with E-state index >= 15 is 0 Å². The van der Waals surface area contributed by atoms with Crippen LogP contribution in [-0.4, -0.2) is 60.1 Å². The molecule has 2 amide bonds. The van der Waals surface area contributed by atoms with Crippen LogP contribution in [-0.2, 0) is 13.1 Å². The Kier molecular flexibility index (Phi) is 6.54. The predicted molar refractivity (Wildman–Crippen MR) is 165 cm³/mol. The van der Waals surface area contributed by atoms with Crippen LogP contribution >= 0.6 is 0 Å². The highest BCUT2D eigenvalue weighted by atomic mass is 16.5. The first-order chi connectivity index (χ1) is 21.4. The third-order valence-corrected chi connectivity index (χ3v) is 8.14. The molecule has 0 aliphatic carbocycles. The van der Waals surface area contributed by atoms with E-state index < -0.39 is 0 Å². The number of rotatable bonds is 8. The van der Waals surface area contributed by atoms with Crippen LogP contribution in [0.15, 0.2) is 72.9 Å². The second kappa shape index (κ2) is 10.6. The second-order valence-electron chi connectivity index (χ2n) is 10.5. The van der Waals surface area contributed by atoms with Gasteiger partial charge in [-0.15, -0.1) is 5.10 Å². The van der Waals surface area contributed by atoms with Crippen LogP contribution in [0, 0.1) is 0 Å². The van der Waals surface area contributed by atoms with Gasteiger partial charge in [-0.3, -0.25) is 14.5 Å². The molecule has 1 aliphatic heterocycles. The van der Waals surface area contributed by atoms with Crippen molar-refractivity contribution in [1.29, 1.82) is 0 Å². The number of imide groups is 1. The summed E-state index contributed by atoms with van der Waals surface area (Å²) in [5, 5.41) is 14.0. The summed E-state index contributed by atoms with van der Waals surface area (Å²) in [4.78, 5) is 28.0. The largest absolute Gasteiger partial charge is 0.493 e. The lowest BCUT2D eigenvalue weighted by molar-refractivity contribution is 0.0596. The van der Waals surface area contributed by atoms with Crippen molar-refractivity contribution in [3.05, 3.63) is 95.3 Å². The molecule has 0 saturated carbocycles. The van der Waals surface area contributed by atoms with Crippen LogP contribution in [0.4, 0.5) is 0 Å². The molecule has 0 saturated heterocycles. The number of carbonyl (C=O) groups excluding carboxylic acids is 2. The van der Waals surface area contributed by atoms with Gasteiger partial charge in [-0.1, -0.05) is 29.5 Å². The van der Waals surface area contributed by atoms with Crippen molar-refractivity contribution in [2.75, 3.05) is 28.4 Å². The van der Waals surface area contributed by atoms with Gasteiger partial charge in [-0.05, 0) is 75.0 Å². The summed E-state index contributed by atoms with van der Waals surface area (Å²) in [6, 6.07) is 20.8. The number of carbonyl (C=O) groups is 2. The van der Waals surface area contributed by atoms with Crippen LogP contribution in [0.3, 0.4) is 0 Å². The van der Waals surface area contributed by atoms with Crippen molar-refractivity contribution in [3.63, 3.8) is 0 Å². The summed E-state index contributed by atoms with van der Waals surface area (Å²) in [5.41, 5.74) is 2.45. The van der Waals surface area contributed by atoms with Crippen molar-refractivity contribution in [2.24, 2.45) is 0 Å². The fourth-order valence-corrected chi connectivity index (χ4v) is 6.06. The molecule has 2 heterocycles. The molecule has 5 aromatic carbocycles. The highest BCUT2D eigenvalue weighted by Crippen LogP contribution is 2.41. The maximum atomic E-state index is 13.4. The molecule has 1 aromatic heterocycles. The van der Waals surface area contributed by atoms with Gasteiger partial charge in [0.05, 0.1) is 47.7 Å². The minimum atomic E-state index is -0.347. The molecule has 6 aromatic rings. The first-order valence-corrected chi connectivity index (χ1v) is 13.9. The van der Waals surface area contributed by atoms with E-state index in [2.05, 4.69) is 16.4 Å². The fraction of sp³-hybridized carbons (Fsp3) is 0.176. The number of aromatic nitrogens is 3.